The van der Waals surface area contributed by atoms with Gasteiger partial charge in [-0.1, -0.05) is 20.3 Å². The first-order chi connectivity index (χ1) is 9.45. The molecule has 1 atom stereocenters. The van der Waals surface area contributed by atoms with E-state index in [0.717, 1.165) is 12.1 Å². The fraction of sp³-hybridized carbons (Fsp3) is 0.714. The van der Waals surface area contributed by atoms with Crippen LogP contribution in [0.5, 0.6) is 0 Å². The summed E-state index contributed by atoms with van der Waals surface area (Å²) >= 11 is 3.39. The molecule has 112 valence electrons. The van der Waals surface area contributed by atoms with Crippen LogP contribution in [0.3, 0.4) is 0 Å². The number of anilines is 1. The Morgan fingerprint density at radius 3 is 2.95 bits per heavy atom. The van der Waals surface area contributed by atoms with Crippen LogP contribution in [-0.2, 0) is 11.3 Å². The van der Waals surface area contributed by atoms with Crippen LogP contribution in [0.15, 0.2) is 15.5 Å². The Kier molecular flexibility index (Phi) is 4.86. The molecule has 0 amide bonds. The molecule has 0 aliphatic heterocycles. The van der Waals surface area contributed by atoms with E-state index < -0.39 is 0 Å². The van der Waals surface area contributed by atoms with Gasteiger partial charge >= 0.3 is 0 Å². The highest BCUT2D eigenvalue weighted by Gasteiger charge is 2.34. The predicted molar refractivity (Wildman–Crippen MR) is 83.1 cm³/mol. The fourth-order valence-electron chi connectivity index (χ4n) is 2.68. The lowest BCUT2D eigenvalue weighted by molar-refractivity contribution is 0.181. The summed E-state index contributed by atoms with van der Waals surface area (Å²) in [6, 6.07) is 0.384. The molecule has 1 saturated carbocycles. The van der Waals surface area contributed by atoms with Crippen molar-refractivity contribution in [1.82, 2.24) is 9.78 Å². The van der Waals surface area contributed by atoms with Crippen molar-refractivity contribution in [3.05, 3.63) is 21.0 Å². The summed E-state index contributed by atoms with van der Waals surface area (Å²) in [5.41, 5.74) is 0.913. The highest BCUT2D eigenvalue weighted by molar-refractivity contribution is 9.10. The molecule has 20 heavy (non-hydrogen) atoms. The molecule has 1 unspecified atom stereocenters. The summed E-state index contributed by atoms with van der Waals surface area (Å²) in [7, 11) is 1.61. The number of nitrogens with zero attached hydrogens (tertiary/aromatic N) is 2. The zero-order chi connectivity index (χ0) is 14.8. The van der Waals surface area contributed by atoms with Crippen molar-refractivity contribution in [2.75, 3.05) is 19.0 Å². The normalized spacial score (nSPS) is 21.1. The number of hydrogen-bond acceptors (Lipinski definition) is 4. The van der Waals surface area contributed by atoms with Gasteiger partial charge in [0.05, 0.1) is 25.0 Å². The Morgan fingerprint density at radius 2 is 2.35 bits per heavy atom. The molecule has 0 saturated heterocycles. The summed E-state index contributed by atoms with van der Waals surface area (Å²) in [6.45, 7) is 5.46. The van der Waals surface area contributed by atoms with Gasteiger partial charge in [-0.25, -0.2) is 4.68 Å². The molecule has 5 nitrogen and oxygen atoms in total. The number of halogens is 1. The molecule has 0 spiro atoms. The average molecular weight is 344 g/mol. The maximum atomic E-state index is 12.2. The average Bonchev–Trinajstić information content (AvgIpc) is 2.73. The van der Waals surface area contributed by atoms with E-state index in [0.29, 0.717) is 23.7 Å². The summed E-state index contributed by atoms with van der Waals surface area (Å²) in [6.07, 6.45) is 5.28. The lowest BCUT2D eigenvalue weighted by Gasteiger charge is -2.29. The van der Waals surface area contributed by atoms with Crippen LogP contribution in [0, 0.1) is 5.41 Å². The second-order valence-electron chi connectivity index (χ2n) is 5.97. The third kappa shape index (κ3) is 3.23. The summed E-state index contributed by atoms with van der Waals surface area (Å²) in [5, 5.41) is 7.67. The summed E-state index contributed by atoms with van der Waals surface area (Å²) < 4.78 is 6.94. The summed E-state index contributed by atoms with van der Waals surface area (Å²) in [4.78, 5) is 12.2. The van der Waals surface area contributed by atoms with Crippen LogP contribution < -0.4 is 10.9 Å². The highest BCUT2D eigenvalue weighted by Crippen LogP contribution is 2.39. The largest absolute Gasteiger partial charge is 0.383 e. The van der Waals surface area contributed by atoms with E-state index in [1.165, 1.54) is 17.5 Å². The lowest BCUT2D eigenvalue weighted by atomic mass is 9.87. The molecule has 1 aliphatic rings. The lowest BCUT2D eigenvalue weighted by Crippen LogP contribution is -2.33. The maximum absolute atomic E-state index is 12.2. The van der Waals surface area contributed by atoms with Crippen molar-refractivity contribution < 1.29 is 4.74 Å². The van der Waals surface area contributed by atoms with E-state index >= 15 is 0 Å². The molecular weight excluding hydrogens is 322 g/mol. The van der Waals surface area contributed by atoms with Crippen molar-refractivity contribution in [2.24, 2.45) is 5.41 Å². The van der Waals surface area contributed by atoms with Gasteiger partial charge in [-0.3, -0.25) is 4.79 Å². The van der Waals surface area contributed by atoms with Crippen molar-refractivity contribution in [3.8, 4) is 0 Å². The number of rotatable bonds is 5. The quantitative estimate of drug-likeness (QED) is 0.892. The second kappa shape index (κ2) is 6.26. The molecule has 1 heterocycles. The van der Waals surface area contributed by atoms with Crippen LogP contribution in [0.4, 0.5) is 5.69 Å². The van der Waals surface area contributed by atoms with E-state index in [9.17, 15) is 4.79 Å². The monoisotopic (exact) mass is 343 g/mol. The minimum Gasteiger partial charge on any atom is -0.383 e. The number of methoxy groups -OCH3 is 1. The molecule has 0 aromatic carbocycles. The van der Waals surface area contributed by atoms with Crippen molar-refractivity contribution in [3.63, 3.8) is 0 Å². The molecular formula is C14H22BrN3O2. The number of aromatic nitrogens is 2. The standard InChI is InChI=1S/C14H22BrN3O2/c1-14(2)6-4-5-11(14)17-10-9-16-18(7-8-20-3)13(19)12(10)15/h9,11,17H,4-8H2,1-3H3. The molecule has 1 fully saturated rings. The van der Waals surface area contributed by atoms with Gasteiger partial charge in [0.15, 0.2) is 0 Å². The Bertz CT molecular complexity index is 528. The zero-order valence-corrected chi connectivity index (χ0v) is 13.9. The van der Waals surface area contributed by atoms with Crippen LogP contribution in [0.2, 0.25) is 0 Å². The third-order valence-corrected chi connectivity index (χ3v) is 4.85. The first kappa shape index (κ1) is 15.5. The molecule has 0 radical (unpaired) electrons. The Morgan fingerprint density at radius 1 is 1.60 bits per heavy atom. The van der Waals surface area contributed by atoms with E-state index in [1.807, 2.05) is 0 Å². The molecule has 6 heteroatoms. The number of nitrogens with one attached hydrogen (secondary N) is 1. The molecule has 1 N–H and O–H groups in total. The number of ether oxygens (including phenoxy) is 1. The smallest absolute Gasteiger partial charge is 0.283 e. The topological polar surface area (TPSA) is 56.1 Å². The van der Waals surface area contributed by atoms with Gasteiger partial charge in [-0.2, -0.15) is 5.10 Å². The zero-order valence-electron chi connectivity index (χ0n) is 12.3. The van der Waals surface area contributed by atoms with Crippen LogP contribution in [0.25, 0.3) is 0 Å². The van der Waals surface area contributed by atoms with Crippen LogP contribution in [-0.4, -0.2) is 29.5 Å². The molecule has 1 aliphatic carbocycles. The van der Waals surface area contributed by atoms with Crippen molar-refractivity contribution in [1.29, 1.82) is 0 Å². The fourth-order valence-corrected chi connectivity index (χ4v) is 3.11. The second-order valence-corrected chi connectivity index (χ2v) is 6.76. The maximum Gasteiger partial charge on any atom is 0.283 e. The Hall–Kier alpha value is -0.880. The minimum absolute atomic E-state index is 0.122. The van der Waals surface area contributed by atoms with Gasteiger partial charge in [0.1, 0.15) is 4.47 Å². The van der Waals surface area contributed by atoms with Gasteiger partial charge in [-0.15, -0.1) is 0 Å². The Balaban J connectivity index is 2.17. The Labute approximate surface area is 127 Å². The van der Waals surface area contributed by atoms with Gasteiger partial charge in [0, 0.05) is 13.2 Å². The van der Waals surface area contributed by atoms with Crippen molar-refractivity contribution in [2.45, 2.75) is 45.7 Å². The van der Waals surface area contributed by atoms with Gasteiger partial charge in [-0.05, 0) is 34.2 Å². The first-order valence-corrected chi connectivity index (χ1v) is 7.76. The van der Waals surface area contributed by atoms with Gasteiger partial charge < -0.3 is 10.1 Å². The van der Waals surface area contributed by atoms with Gasteiger partial charge in [0.2, 0.25) is 0 Å². The van der Waals surface area contributed by atoms with Crippen LogP contribution >= 0.6 is 15.9 Å². The van der Waals surface area contributed by atoms with E-state index in [1.54, 1.807) is 13.3 Å². The van der Waals surface area contributed by atoms with Crippen molar-refractivity contribution >= 4 is 21.6 Å². The van der Waals surface area contributed by atoms with E-state index in [-0.39, 0.29) is 11.0 Å². The first-order valence-electron chi connectivity index (χ1n) is 6.97. The SMILES string of the molecule is COCCn1ncc(NC2CCCC2(C)C)c(Br)c1=O. The number of hydrogen-bond donors (Lipinski definition) is 1. The third-order valence-electron chi connectivity index (χ3n) is 4.08. The minimum atomic E-state index is -0.122. The molecule has 2 rings (SSSR count). The molecule has 1 aromatic rings. The summed E-state index contributed by atoms with van der Waals surface area (Å²) in [5.74, 6) is 0. The highest BCUT2D eigenvalue weighted by atomic mass is 79.9. The van der Waals surface area contributed by atoms with E-state index in [2.05, 4.69) is 40.2 Å². The molecule has 1 aromatic heterocycles. The van der Waals surface area contributed by atoms with Gasteiger partial charge in [0.25, 0.3) is 5.56 Å². The molecule has 0 bridgehead atoms. The predicted octanol–water partition coefficient (Wildman–Crippen LogP) is 2.64. The van der Waals surface area contributed by atoms with Crippen LogP contribution in [0.1, 0.15) is 33.1 Å². The van der Waals surface area contributed by atoms with E-state index in [4.69, 9.17) is 4.74 Å².